The topological polar surface area (TPSA) is 118 Å². The van der Waals surface area contributed by atoms with E-state index >= 15 is 4.39 Å². The van der Waals surface area contributed by atoms with Gasteiger partial charge < -0.3 is 10.1 Å². The van der Waals surface area contributed by atoms with Crippen LogP contribution in [0.5, 0.6) is 5.75 Å². The van der Waals surface area contributed by atoms with Crippen LogP contribution in [0.2, 0.25) is 0 Å². The van der Waals surface area contributed by atoms with Gasteiger partial charge in [0.15, 0.2) is 0 Å². The summed E-state index contributed by atoms with van der Waals surface area (Å²) in [7, 11) is -2.93. The van der Waals surface area contributed by atoms with Crippen molar-refractivity contribution in [2.24, 2.45) is 0 Å². The van der Waals surface area contributed by atoms with E-state index in [1.807, 2.05) is 0 Å². The molecule has 2 atom stereocenters. The van der Waals surface area contributed by atoms with Crippen molar-refractivity contribution < 1.29 is 30.9 Å². The van der Waals surface area contributed by atoms with Crippen molar-refractivity contribution in [2.45, 2.75) is 44.5 Å². The van der Waals surface area contributed by atoms with Crippen molar-refractivity contribution in [3.8, 4) is 5.75 Å². The molecule has 2 aromatic carbocycles. The van der Waals surface area contributed by atoms with Gasteiger partial charge in [0.1, 0.15) is 23.1 Å². The summed E-state index contributed by atoms with van der Waals surface area (Å²) < 4.78 is 77.3. The van der Waals surface area contributed by atoms with Crippen LogP contribution in [0.15, 0.2) is 60.8 Å². The number of sulfonamides is 1. The fraction of sp³-hybridized carbons (Fsp3) is 0.357. The van der Waals surface area contributed by atoms with Gasteiger partial charge in [0.25, 0.3) is 5.91 Å². The van der Waals surface area contributed by atoms with Crippen molar-refractivity contribution in [2.75, 3.05) is 25.2 Å². The Kier molecular flexibility index (Phi) is 10.0. The molecule has 41 heavy (non-hydrogen) atoms. The van der Waals surface area contributed by atoms with Gasteiger partial charge in [0.2, 0.25) is 10.0 Å². The summed E-state index contributed by atoms with van der Waals surface area (Å²) >= 11 is 0. The minimum atomic E-state index is -4.07. The number of hydrogen-bond donors (Lipinski definition) is 2. The highest BCUT2D eigenvalue weighted by Crippen LogP contribution is 2.31. The van der Waals surface area contributed by atoms with E-state index in [0.717, 1.165) is 22.6 Å². The van der Waals surface area contributed by atoms with E-state index < -0.39 is 54.6 Å². The number of carbonyl (C=O) groups is 1. The van der Waals surface area contributed by atoms with Crippen molar-refractivity contribution >= 4 is 32.6 Å². The van der Waals surface area contributed by atoms with Gasteiger partial charge in [0, 0.05) is 24.8 Å². The second-order valence-electron chi connectivity index (χ2n) is 10.7. The van der Waals surface area contributed by atoms with Crippen molar-refractivity contribution in [1.82, 2.24) is 14.0 Å². The monoisotopic (exact) mass is 608 g/mol. The number of amides is 1. The zero-order valence-corrected chi connectivity index (χ0v) is 25.3. The lowest BCUT2D eigenvalue weighted by atomic mass is 9.94. The molecule has 222 valence electrons. The first kappa shape index (κ1) is 32.3. The summed E-state index contributed by atoms with van der Waals surface area (Å²) in [6.45, 7) is 6.57. The number of benzene rings is 2. The van der Waals surface area contributed by atoms with Gasteiger partial charge in [0.05, 0.1) is 40.3 Å². The van der Waals surface area contributed by atoms with Crippen LogP contribution in [0.4, 0.5) is 14.5 Å². The first-order chi connectivity index (χ1) is 19.0. The Hall–Kier alpha value is -3.26. The van der Waals surface area contributed by atoms with Crippen LogP contribution in [0, 0.1) is 11.6 Å². The van der Waals surface area contributed by atoms with Crippen molar-refractivity contribution in [3.05, 3.63) is 89.2 Å². The molecule has 3 aromatic rings. The van der Waals surface area contributed by atoms with Gasteiger partial charge in [-0.25, -0.2) is 35.4 Å². The number of aromatic nitrogens is 1. The number of nitrogens with one attached hydrogen (secondary N) is 2. The quantitative estimate of drug-likeness (QED) is 0.334. The molecule has 3 rings (SSSR count). The normalized spacial score (nSPS) is 14.4. The molecule has 0 spiro atoms. The minimum absolute atomic E-state index is 0.0357. The van der Waals surface area contributed by atoms with Gasteiger partial charge >= 0.3 is 0 Å². The summed E-state index contributed by atoms with van der Waals surface area (Å²) in [6, 6.07) is 12.8. The molecule has 13 heteroatoms. The van der Waals surface area contributed by atoms with Crippen molar-refractivity contribution in [1.29, 1.82) is 0 Å². The van der Waals surface area contributed by atoms with Crippen LogP contribution < -0.4 is 14.8 Å². The zero-order valence-electron chi connectivity index (χ0n) is 23.7. The number of halogens is 2. The minimum Gasteiger partial charge on any atom is -0.497 e. The van der Waals surface area contributed by atoms with Crippen LogP contribution in [0.3, 0.4) is 0 Å². The number of nitrogens with zero attached hydrogens (tertiary/aromatic N) is 2. The summed E-state index contributed by atoms with van der Waals surface area (Å²) in [5.41, 5.74) is -1.05. The van der Waals surface area contributed by atoms with E-state index in [1.165, 1.54) is 39.3 Å². The fourth-order valence-corrected chi connectivity index (χ4v) is 6.32. The molecule has 0 fully saturated rings. The Morgan fingerprint density at radius 3 is 2.27 bits per heavy atom. The largest absolute Gasteiger partial charge is 0.497 e. The number of anilines is 1. The van der Waals surface area contributed by atoms with E-state index in [2.05, 4.69) is 15.0 Å². The third-order valence-corrected chi connectivity index (χ3v) is 9.93. The highest BCUT2D eigenvalue weighted by molar-refractivity contribution is 7.89. The number of carbonyl (C=O) groups excluding carboxylic acids is 1. The third kappa shape index (κ3) is 8.38. The van der Waals surface area contributed by atoms with Gasteiger partial charge in [-0.15, -0.1) is 0 Å². The molecule has 1 heterocycles. The smallest absolute Gasteiger partial charge is 0.274 e. The Bertz CT molecular complexity index is 1510. The van der Waals surface area contributed by atoms with Crippen LogP contribution in [0.1, 0.15) is 49.3 Å². The molecule has 0 saturated carbocycles. The lowest BCUT2D eigenvalue weighted by Gasteiger charge is -2.35. The molecular weight excluding hydrogens is 574 g/mol. The maximum absolute atomic E-state index is 15.4. The number of hydrogen-bond acceptors (Lipinski definition) is 6. The van der Waals surface area contributed by atoms with Crippen LogP contribution in [0.25, 0.3) is 0 Å². The second kappa shape index (κ2) is 12.7. The molecule has 0 aliphatic heterocycles. The Morgan fingerprint density at radius 1 is 1.05 bits per heavy atom. The van der Waals surface area contributed by atoms with E-state index in [-0.39, 0.29) is 23.5 Å². The standard InChI is InChI=1S/C28H34F2N4O5S2/c1-27(2,3)40(36)33-28(4,18-41(37,38)34(5)17-19-7-11-22(39-6)12-8-19)23-15-21(10-13-24(23)30)32-26(35)25-14-9-20(29)16-31-25/h7-16,33H,17-18H2,1-6H3,(H,32,35)/t28?,40-/m1/s1. The molecule has 1 aromatic heterocycles. The van der Waals surface area contributed by atoms with E-state index in [0.29, 0.717) is 11.3 Å². The lowest BCUT2D eigenvalue weighted by Crippen LogP contribution is -2.52. The lowest BCUT2D eigenvalue weighted by molar-refractivity contribution is 0.102. The highest BCUT2D eigenvalue weighted by Gasteiger charge is 2.40. The average molecular weight is 609 g/mol. The van der Waals surface area contributed by atoms with Gasteiger partial charge in [-0.3, -0.25) is 4.79 Å². The number of methoxy groups -OCH3 is 1. The highest BCUT2D eigenvalue weighted by atomic mass is 32.2. The Morgan fingerprint density at radius 2 is 1.71 bits per heavy atom. The number of pyridine rings is 1. The van der Waals surface area contributed by atoms with Gasteiger partial charge in [-0.2, -0.15) is 0 Å². The van der Waals surface area contributed by atoms with Crippen molar-refractivity contribution in [3.63, 3.8) is 0 Å². The molecule has 2 N–H and O–H groups in total. The van der Waals surface area contributed by atoms with E-state index in [1.54, 1.807) is 45.0 Å². The van der Waals surface area contributed by atoms with Crippen LogP contribution in [-0.4, -0.2) is 52.5 Å². The molecular formula is C28H34F2N4O5S2. The molecule has 1 amide bonds. The van der Waals surface area contributed by atoms with E-state index in [9.17, 15) is 21.8 Å². The fourth-order valence-electron chi connectivity index (χ4n) is 3.81. The van der Waals surface area contributed by atoms with Crippen LogP contribution in [-0.2, 0) is 33.1 Å². The van der Waals surface area contributed by atoms with Crippen LogP contribution >= 0.6 is 0 Å². The Balaban J connectivity index is 1.96. The first-order valence-electron chi connectivity index (χ1n) is 12.5. The molecule has 0 aliphatic carbocycles. The molecule has 9 nitrogen and oxygen atoms in total. The SMILES string of the molecule is COc1ccc(CN(C)S(=O)(=O)CC(C)(N[S@](=O)C(C)(C)C)c2cc(NC(=O)c3ccc(F)cn3)ccc2F)cc1. The van der Waals surface area contributed by atoms with Gasteiger partial charge in [-0.05, 0) is 75.7 Å². The number of ether oxygens (including phenoxy) is 1. The average Bonchev–Trinajstić information content (AvgIpc) is 2.89. The molecule has 0 saturated heterocycles. The third-order valence-electron chi connectivity index (χ3n) is 6.16. The molecule has 0 aliphatic rings. The second-order valence-corrected chi connectivity index (χ2v) is 14.7. The van der Waals surface area contributed by atoms with E-state index in [4.69, 9.17) is 4.74 Å². The maximum Gasteiger partial charge on any atom is 0.274 e. The molecule has 1 unspecified atom stereocenters. The summed E-state index contributed by atoms with van der Waals surface area (Å²) in [4.78, 5) is 16.4. The van der Waals surface area contributed by atoms with Gasteiger partial charge in [-0.1, -0.05) is 12.1 Å². The molecule has 0 radical (unpaired) electrons. The predicted octanol–water partition coefficient (Wildman–Crippen LogP) is 4.35. The predicted molar refractivity (Wildman–Crippen MR) is 155 cm³/mol. The number of rotatable bonds is 11. The zero-order chi connectivity index (χ0) is 30.6. The first-order valence-corrected chi connectivity index (χ1v) is 15.3. The maximum atomic E-state index is 15.4. The summed E-state index contributed by atoms with van der Waals surface area (Å²) in [6.07, 6.45) is 0.890. The molecule has 0 bridgehead atoms. The summed E-state index contributed by atoms with van der Waals surface area (Å²) in [5, 5.41) is 2.56. The Labute approximate surface area is 242 Å². The summed E-state index contributed by atoms with van der Waals surface area (Å²) in [5.74, 6) is -2.09.